The topological polar surface area (TPSA) is 49.8 Å². The highest BCUT2D eigenvalue weighted by Gasteiger charge is 2.38. The van der Waals surface area contributed by atoms with Gasteiger partial charge >= 0.3 is 0 Å². The third-order valence-corrected chi connectivity index (χ3v) is 1.01. The van der Waals surface area contributed by atoms with Gasteiger partial charge in [0.25, 0.3) is 0 Å². The molecular formula is C6H14N2. The predicted molar refractivity (Wildman–Crippen MR) is 35.2 cm³/mol. The molecule has 0 heterocycles. The number of rotatable bonds is 0. The summed E-state index contributed by atoms with van der Waals surface area (Å²) in [6.45, 7) is 4.00. The van der Waals surface area contributed by atoms with E-state index in [0.29, 0.717) is 0 Å². The molecule has 0 bridgehead atoms. The van der Waals surface area contributed by atoms with Gasteiger partial charge in [0.2, 0.25) is 0 Å². The maximum Gasteiger partial charge on any atom is 0.104 e. The van der Waals surface area contributed by atoms with Gasteiger partial charge in [-0.2, -0.15) is 5.26 Å². The maximum atomic E-state index is 8.09. The minimum absolute atomic E-state index is 0. The molecule has 0 aromatic rings. The van der Waals surface area contributed by atoms with E-state index in [9.17, 15) is 0 Å². The highest BCUT2D eigenvalue weighted by Crippen LogP contribution is 2.30. The standard InChI is InChI=1S/C4H6N2.C2H6.H2/c5-3-4(6)1-2-4;1-2;/h1-2,6H2;1-2H3;1H. The van der Waals surface area contributed by atoms with Gasteiger partial charge in [-0.05, 0) is 12.8 Å². The second kappa shape index (κ2) is 2.68. The van der Waals surface area contributed by atoms with E-state index in [1.165, 1.54) is 0 Å². The van der Waals surface area contributed by atoms with Crippen LogP contribution in [0.4, 0.5) is 0 Å². The molecule has 0 spiro atoms. The molecule has 1 saturated carbocycles. The summed E-state index contributed by atoms with van der Waals surface area (Å²) in [5, 5.41) is 8.09. The van der Waals surface area contributed by atoms with Gasteiger partial charge in [0.15, 0.2) is 0 Å². The molecule has 1 aliphatic carbocycles. The van der Waals surface area contributed by atoms with Gasteiger partial charge in [-0.1, -0.05) is 13.8 Å². The molecule has 48 valence electrons. The van der Waals surface area contributed by atoms with E-state index in [1.807, 2.05) is 19.9 Å². The van der Waals surface area contributed by atoms with Crippen LogP contribution in [0.1, 0.15) is 28.1 Å². The molecule has 2 nitrogen and oxygen atoms in total. The summed E-state index contributed by atoms with van der Waals surface area (Å²) in [4.78, 5) is 0. The number of hydrogen-bond donors (Lipinski definition) is 1. The normalized spacial score (nSPS) is 19.8. The zero-order valence-electron chi connectivity index (χ0n) is 5.44. The Labute approximate surface area is 51.8 Å². The van der Waals surface area contributed by atoms with Crippen LogP contribution in [0.25, 0.3) is 0 Å². The van der Waals surface area contributed by atoms with Crippen LogP contribution in [-0.4, -0.2) is 5.54 Å². The molecule has 0 aromatic heterocycles. The first-order valence-corrected chi connectivity index (χ1v) is 2.97. The molecule has 0 unspecified atom stereocenters. The summed E-state index contributed by atoms with van der Waals surface area (Å²) in [5.41, 5.74) is 4.88. The Morgan fingerprint density at radius 1 is 1.62 bits per heavy atom. The zero-order chi connectivity index (χ0) is 6.62. The summed E-state index contributed by atoms with van der Waals surface area (Å²) in [6, 6.07) is 1.99. The molecule has 0 amide bonds. The highest BCUT2D eigenvalue weighted by atomic mass is 14.8. The first-order valence-electron chi connectivity index (χ1n) is 2.97. The Balaban J connectivity index is 0. The Morgan fingerprint density at radius 3 is 2.00 bits per heavy atom. The van der Waals surface area contributed by atoms with Crippen LogP contribution in [0.5, 0.6) is 0 Å². The quantitative estimate of drug-likeness (QED) is 0.515. The fraction of sp³-hybridized carbons (Fsp3) is 0.833. The van der Waals surface area contributed by atoms with Gasteiger partial charge in [-0.3, -0.25) is 0 Å². The fourth-order valence-corrected chi connectivity index (χ4v) is 0.246. The van der Waals surface area contributed by atoms with E-state index in [0.717, 1.165) is 12.8 Å². The molecule has 0 radical (unpaired) electrons. The molecule has 0 atom stereocenters. The van der Waals surface area contributed by atoms with Gasteiger partial charge in [-0.25, -0.2) is 0 Å². The second-order valence-corrected chi connectivity index (χ2v) is 1.77. The predicted octanol–water partition coefficient (Wildman–Crippen LogP) is 1.27. The minimum Gasteiger partial charge on any atom is -0.313 e. The summed E-state index contributed by atoms with van der Waals surface area (Å²) >= 11 is 0. The Hall–Kier alpha value is -0.550. The van der Waals surface area contributed by atoms with Gasteiger partial charge in [-0.15, -0.1) is 0 Å². The number of nitrogens with zero attached hydrogens (tertiary/aromatic N) is 1. The lowest BCUT2D eigenvalue weighted by Crippen LogP contribution is -2.17. The lowest BCUT2D eigenvalue weighted by atomic mass is 10.4. The molecule has 2 heteroatoms. The highest BCUT2D eigenvalue weighted by molar-refractivity contribution is 5.15. The van der Waals surface area contributed by atoms with E-state index in [4.69, 9.17) is 11.0 Å². The van der Waals surface area contributed by atoms with Crippen molar-refractivity contribution >= 4 is 0 Å². The van der Waals surface area contributed by atoms with Crippen molar-refractivity contribution in [3.05, 3.63) is 0 Å². The first kappa shape index (κ1) is 7.45. The maximum absolute atomic E-state index is 8.09. The van der Waals surface area contributed by atoms with Crippen molar-refractivity contribution in [2.45, 2.75) is 32.2 Å². The van der Waals surface area contributed by atoms with Gasteiger partial charge in [0, 0.05) is 1.43 Å². The Morgan fingerprint density at radius 2 is 2.00 bits per heavy atom. The van der Waals surface area contributed by atoms with Crippen molar-refractivity contribution in [2.75, 3.05) is 0 Å². The molecule has 0 aliphatic heterocycles. The molecular weight excluding hydrogens is 100 g/mol. The fourth-order valence-electron chi connectivity index (χ4n) is 0.246. The van der Waals surface area contributed by atoms with Gasteiger partial charge in [0.05, 0.1) is 6.07 Å². The average Bonchev–Trinajstić information content (AvgIpc) is 2.55. The number of nitriles is 1. The summed E-state index contributed by atoms with van der Waals surface area (Å²) in [5.74, 6) is 0. The lowest BCUT2D eigenvalue weighted by Gasteiger charge is -1.84. The van der Waals surface area contributed by atoms with E-state index in [1.54, 1.807) is 0 Å². The minimum atomic E-state index is -0.403. The second-order valence-electron chi connectivity index (χ2n) is 1.77. The average molecular weight is 114 g/mol. The zero-order valence-corrected chi connectivity index (χ0v) is 5.44. The monoisotopic (exact) mass is 114 g/mol. The molecule has 0 saturated heterocycles. The Kier molecular flexibility index (Phi) is 2.50. The van der Waals surface area contributed by atoms with Crippen molar-refractivity contribution in [1.82, 2.24) is 0 Å². The molecule has 8 heavy (non-hydrogen) atoms. The molecule has 1 aliphatic rings. The van der Waals surface area contributed by atoms with Crippen LogP contribution >= 0.6 is 0 Å². The third-order valence-electron chi connectivity index (χ3n) is 1.01. The Bertz CT molecular complexity index is 102. The van der Waals surface area contributed by atoms with Crippen molar-refractivity contribution in [2.24, 2.45) is 5.73 Å². The largest absolute Gasteiger partial charge is 0.313 e. The number of nitrogens with two attached hydrogens (primary N) is 1. The molecule has 2 N–H and O–H groups in total. The number of hydrogen-bond acceptors (Lipinski definition) is 2. The van der Waals surface area contributed by atoms with Crippen LogP contribution in [0, 0.1) is 11.3 Å². The van der Waals surface area contributed by atoms with Crippen LogP contribution in [-0.2, 0) is 0 Å². The molecule has 1 fully saturated rings. The van der Waals surface area contributed by atoms with Crippen molar-refractivity contribution in [1.29, 1.82) is 5.26 Å². The van der Waals surface area contributed by atoms with Crippen LogP contribution in [0.3, 0.4) is 0 Å². The summed E-state index contributed by atoms with van der Waals surface area (Å²) in [7, 11) is 0. The van der Waals surface area contributed by atoms with E-state index >= 15 is 0 Å². The van der Waals surface area contributed by atoms with E-state index in [-0.39, 0.29) is 1.43 Å². The summed E-state index contributed by atoms with van der Waals surface area (Å²) < 4.78 is 0. The van der Waals surface area contributed by atoms with Crippen molar-refractivity contribution in [3.8, 4) is 6.07 Å². The SMILES string of the molecule is CC.N#CC1(N)CC1.[HH]. The van der Waals surface area contributed by atoms with Crippen LogP contribution in [0.15, 0.2) is 0 Å². The molecule has 1 rings (SSSR count). The van der Waals surface area contributed by atoms with Crippen molar-refractivity contribution in [3.63, 3.8) is 0 Å². The van der Waals surface area contributed by atoms with Crippen molar-refractivity contribution < 1.29 is 1.43 Å². The van der Waals surface area contributed by atoms with Crippen LogP contribution < -0.4 is 5.73 Å². The lowest BCUT2D eigenvalue weighted by molar-refractivity contribution is 0.872. The molecule has 0 aromatic carbocycles. The third kappa shape index (κ3) is 1.94. The van der Waals surface area contributed by atoms with Crippen LogP contribution in [0.2, 0.25) is 0 Å². The van der Waals surface area contributed by atoms with Gasteiger partial charge < -0.3 is 5.73 Å². The van der Waals surface area contributed by atoms with E-state index < -0.39 is 5.54 Å². The smallest absolute Gasteiger partial charge is 0.104 e. The summed E-state index contributed by atoms with van der Waals surface area (Å²) in [6.07, 6.45) is 1.78. The first-order chi connectivity index (χ1) is 3.77. The van der Waals surface area contributed by atoms with E-state index in [2.05, 4.69) is 0 Å². The van der Waals surface area contributed by atoms with Gasteiger partial charge in [0.1, 0.15) is 5.54 Å².